The number of rotatable bonds is 8. The lowest BCUT2D eigenvalue weighted by Gasteiger charge is -2.37. The zero-order valence-electron chi connectivity index (χ0n) is 30.6. The van der Waals surface area contributed by atoms with Crippen LogP contribution in [-0.4, -0.2) is 111 Å². The van der Waals surface area contributed by atoms with Crippen LogP contribution in [0.25, 0.3) is 0 Å². The fraction of sp³-hybridized carbons (Fsp3) is 0.462. The van der Waals surface area contributed by atoms with E-state index in [4.69, 9.17) is 21.1 Å². The lowest BCUT2D eigenvalue weighted by Crippen LogP contribution is -2.60. The number of carbonyl (C=O) groups is 3. The molecule has 4 aliphatic heterocycles. The topological polar surface area (TPSA) is 210 Å². The van der Waals surface area contributed by atoms with Crippen LogP contribution in [0.3, 0.4) is 0 Å². The Morgan fingerprint density at radius 3 is 2.42 bits per heavy atom. The molecular formula is C39H46ClN3O11Si. The second kappa shape index (κ2) is 15.0. The van der Waals surface area contributed by atoms with Crippen LogP contribution in [0.1, 0.15) is 35.6 Å². The fourth-order valence-corrected chi connectivity index (χ4v) is 11.7. The second-order valence-electron chi connectivity index (χ2n) is 15.6. The van der Waals surface area contributed by atoms with E-state index in [0.29, 0.717) is 34.8 Å². The lowest BCUT2D eigenvalue weighted by atomic mass is 9.82. The molecule has 0 bridgehead atoms. The predicted octanol–water partition coefficient (Wildman–Crippen LogP) is 1.76. The summed E-state index contributed by atoms with van der Waals surface area (Å²) in [6.07, 6.45) is -9.41. The Labute approximate surface area is 324 Å². The molecule has 2 fully saturated rings. The van der Waals surface area contributed by atoms with E-state index in [1.165, 1.54) is 0 Å². The van der Waals surface area contributed by atoms with Gasteiger partial charge in [0.15, 0.2) is 26.3 Å². The molecule has 2 saturated heterocycles. The zero-order chi connectivity index (χ0) is 39.6. The number of aliphatic hydroxyl groups excluding tert-OH is 5. The number of nitrogens with zero attached hydrogens (tertiary/aromatic N) is 2. The first-order valence-corrected chi connectivity index (χ1v) is 21.7. The summed E-state index contributed by atoms with van der Waals surface area (Å²) < 4.78 is 11.9. The van der Waals surface area contributed by atoms with Crippen LogP contribution in [0.4, 0.5) is 11.4 Å². The maximum Gasteiger partial charge on any atom is 0.264 e. The fourth-order valence-electron chi connectivity index (χ4n) is 8.96. The number of halogens is 1. The van der Waals surface area contributed by atoms with Gasteiger partial charge in [0.25, 0.3) is 11.8 Å². The molecule has 4 heterocycles. The van der Waals surface area contributed by atoms with E-state index >= 15 is 0 Å². The van der Waals surface area contributed by atoms with Gasteiger partial charge in [-0.2, -0.15) is 0 Å². The van der Waals surface area contributed by atoms with E-state index in [1.54, 1.807) is 65.4 Å². The summed E-state index contributed by atoms with van der Waals surface area (Å²) in [5.41, 5.74) is 1.87. The molecule has 55 heavy (non-hydrogen) atoms. The standard InChI is InChI=1S/C39H46ClN3O11Si/c1-20-35(55(2,3)52)29(16-30(45)42-18-23-9-5-4-8-22(23)14-26(42)19-44)54-39(20)27-15-24(40)11-12-28(27)43(38(39)51)17-21-7-6-10-25(13-21)41-36(49)34-32(47)31(46)33(48)37(50)53-34/h4-13,15,20,26,29,31-35,37,44,46-48,50,52H,14,16-19H2,1-3H3,(H,41,49)/t20-,26+,29+,31+,32+,33-,34+,35-,37-,39+/m1/s1. The molecule has 0 unspecified atom stereocenters. The summed E-state index contributed by atoms with van der Waals surface area (Å²) >= 11 is 6.56. The maximum absolute atomic E-state index is 14.9. The van der Waals surface area contributed by atoms with Gasteiger partial charge in [-0.3, -0.25) is 14.4 Å². The first kappa shape index (κ1) is 39.5. The number of anilines is 2. The van der Waals surface area contributed by atoms with E-state index in [0.717, 1.165) is 11.1 Å². The van der Waals surface area contributed by atoms with Crippen molar-refractivity contribution in [1.82, 2.24) is 4.90 Å². The smallest absolute Gasteiger partial charge is 0.264 e. The van der Waals surface area contributed by atoms with Crippen molar-refractivity contribution < 1.29 is 54.2 Å². The number of hydrogen-bond acceptors (Lipinski definition) is 11. The summed E-state index contributed by atoms with van der Waals surface area (Å²) in [5, 5.41) is 53.3. The van der Waals surface area contributed by atoms with E-state index in [1.807, 2.05) is 31.2 Å². The number of amides is 3. The minimum Gasteiger partial charge on any atom is -0.432 e. The van der Waals surface area contributed by atoms with Gasteiger partial charge in [-0.15, -0.1) is 0 Å². The molecule has 0 radical (unpaired) electrons. The van der Waals surface area contributed by atoms with E-state index in [9.17, 15) is 44.7 Å². The Morgan fingerprint density at radius 2 is 1.71 bits per heavy atom. The molecule has 0 saturated carbocycles. The van der Waals surface area contributed by atoms with Crippen molar-refractivity contribution in [2.45, 2.75) is 99.9 Å². The normalized spacial score (nSPS) is 31.7. The van der Waals surface area contributed by atoms with Gasteiger partial charge in [0.2, 0.25) is 5.91 Å². The Bertz CT molecular complexity index is 1980. The first-order valence-electron chi connectivity index (χ1n) is 18.3. The van der Waals surface area contributed by atoms with Crippen molar-refractivity contribution in [3.63, 3.8) is 0 Å². The number of nitrogens with one attached hydrogen (secondary N) is 1. The zero-order valence-corrected chi connectivity index (χ0v) is 32.3. The van der Waals surface area contributed by atoms with Crippen LogP contribution >= 0.6 is 11.6 Å². The van der Waals surface area contributed by atoms with Crippen LogP contribution in [0.2, 0.25) is 23.7 Å². The summed E-state index contributed by atoms with van der Waals surface area (Å²) in [6, 6.07) is 19.1. The van der Waals surface area contributed by atoms with Gasteiger partial charge in [0.1, 0.15) is 18.3 Å². The minimum atomic E-state index is -3.12. The third-order valence-corrected chi connectivity index (χ3v) is 14.3. The van der Waals surface area contributed by atoms with Crippen LogP contribution in [0.15, 0.2) is 66.7 Å². The predicted molar refractivity (Wildman–Crippen MR) is 202 cm³/mol. The second-order valence-corrected chi connectivity index (χ2v) is 20.0. The third-order valence-electron chi connectivity index (χ3n) is 11.6. The van der Waals surface area contributed by atoms with Gasteiger partial charge in [0.05, 0.1) is 37.4 Å². The first-order chi connectivity index (χ1) is 26.0. The van der Waals surface area contributed by atoms with Crippen molar-refractivity contribution >= 4 is 49.0 Å². The highest BCUT2D eigenvalue weighted by Gasteiger charge is 2.66. The van der Waals surface area contributed by atoms with Crippen molar-refractivity contribution in [3.8, 4) is 0 Å². The minimum absolute atomic E-state index is 0.0285. The highest BCUT2D eigenvalue weighted by Crippen LogP contribution is 2.60. The number of fused-ring (bicyclic) bond motifs is 3. The number of carbonyl (C=O) groups excluding carboxylic acids is 3. The number of aliphatic hydroxyl groups is 5. The Balaban J connectivity index is 1.15. The molecule has 3 amide bonds. The Morgan fingerprint density at radius 1 is 0.982 bits per heavy atom. The molecule has 294 valence electrons. The molecule has 7 N–H and O–H groups in total. The van der Waals surface area contributed by atoms with Crippen LogP contribution in [0.5, 0.6) is 0 Å². The monoisotopic (exact) mass is 795 g/mol. The summed E-state index contributed by atoms with van der Waals surface area (Å²) in [6.45, 7) is 5.55. The van der Waals surface area contributed by atoms with Crippen molar-refractivity contribution in [3.05, 3.63) is 94.0 Å². The molecule has 4 aliphatic rings. The number of ether oxygens (including phenoxy) is 2. The highest BCUT2D eigenvalue weighted by atomic mass is 35.5. The molecule has 16 heteroatoms. The van der Waals surface area contributed by atoms with Crippen LogP contribution < -0.4 is 10.2 Å². The quantitative estimate of drug-likeness (QED) is 0.164. The van der Waals surface area contributed by atoms with Crippen molar-refractivity contribution in [1.29, 1.82) is 0 Å². The Kier molecular flexibility index (Phi) is 10.7. The van der Waals surface area contributed by atoms with Gasteiger partial charge >= 0.3 is 0 Å². The van der Waals surface area contributed by atoms with Crippen molar-refractivity contribution in [2.75, 3.05) is 16.8 Å². The molecule has 0 aliphatic carbocycles. The van der Waals surface area contributed by atoms with Gasteiger partial charge in [-0.05, 0) is 66.5 Å². The molecular weight excluding hydrogens is 750 g/mol. The van der Waals surface area contributed by atoms with Gasteiger partial charge in [-0.1, -0.05) is 54.9 Å². The van der Waals surface area contributed by atoms with Gasteiger partial charge in [-0.25, -0.2) is 0 Å². The van der Waals surface area contributed by atoms with Gasteiger partial charge in [0, 0.05) is 34.3 Å². The number of hydrogen-bond donors (Lipinski definition) is 7. The maximum atomic E-state index is 14.9. The van der Waals surface area contributed by atoms with Crippen LogP contribution in [-0.2, 0) is 49.0 Å². The summed E-state index contributed by atoms with van der Waals surface area (Å²) in [5.74, 6) is -2.09. The molecule has 14 nitrogen and oxygen atoms in total. The average molecular weight is 796 g/mol. The van der Waals surface area contributed by atoms with E-state index in [-0.39, 0.29) is 31.2 Å². The third kappa shape index (κ3) is 7.00. The molecule has 7 rings (SSSR count). The molecule has 3 aromatic carbocycles. The molecule has 10 atom stereocenters. The SMILES string of the molecule is C[C@@H]1[C@@H]([Si](C)(C)O)[C@H](CC(=O)N2Cc3ccccc3C[C@H]2CO)O[C@@]12C(=O)N(Cc1cccc(NC(=O)[C@H]3O[C@@H](O)[C@H](O)[C@@H](O)[C@@H]3O)c1)c1ccc(Cl)cc12. The highest BCUT2D eigenvalue weighted by molar-refractivity contribution is 6.71. The van der Waals surface area contributed by atoms with Crippen molar-refractivity contribution in [2.24, 2.45) is 5.92 Å². The van der Waals surface area contributed by atoms with E-state index in [2.05, 4.69) is 5.32 Å². The summed E-state index contributed by atoms with van der Waals surface area (Å²) in [7, 11) is -3.12. The molecule has 3 aromatic rings. The van der Waals surface area contributed by atoms with Gasteiger partial charge < -0.3 is 54.9 Å². The largest absolute Gasteiger partial charge is 0.432 e. The number of benzene rings is 3. The summed E-state index contributed by atoms with van der Waals surface area (Å²) in [4.78, 5) is 57.1. The van der Waals surface area contributed by atoms with E-state index < -0.39 is 80.0 Å². The molecule has 1 spiro atoms. The van der Waals surface area contributed by atoms with Crippen LogP contribution in [0, 0.1) is 5.92 Å². The molecule has 0 aromatic heterocycles. The lowest BCUT2D eigenvalue weighted by molar-refractivity contribution is -0.274. The Hall–Kier alpha value is -3.74. The average Bonchev–Trinajstić information content (AvgIpc) is 3.57.